The van der Waals surface area contributed by atoms with Crippen molar-refractivity contribution in [2.45, 2.75) is 96.1 Å². The van der Waals surface area contributed by atoms with E-state index in [-0.39, 0.29) is 30.4 Å². The Morgan fingerprint density at radius 2 is 1.92 bits per heavy atom. The molecule has 200 valence electrons. The zero-order chi connectivity index (χ0) is 26.0. The average Bonchev–Trinajstić information content (AvgIpc) is 3.24. The molecule has 36 heavy (non-hydrogen) atoms. The highest BCUT2D eigenvalue weighted by atomic mass is 16.6. The van der Waals surface area contributed by atoms with Crippen molar-refractivity contribution in [3.8, 4) is 0 Å². The highest BCUT2D eigenvalue weighted by Gasteiger charge is 2.72. The Labute approximate surface area is 214 Å². The third-order valence-electron chi connectivity index (χ3n) is 8.65. The number of ether oxygens (including phenoxy) is 2. The van der Waals surface area contributed by atoms with Gasteiger partial charge in [0, 0.05) is 12.6 Å². The minimum atomic E-state index is -1.29. The quantitative estimate of drug-likeness (QED) is 0.425. The second-order valence-corrected chi connectivity index (χ2v) is 10.8. The lowest BCUT2D eigenvalue weighted by Gasteiger charge is -2.41. The fourth-order valence-electron chi connectivity index (χ4n) is 6.52. The van der Waals surface area contributed by atoms with E-state index in [0.717, 1.165) is 38.5 Å². The van der Waals surface area contributed by atoms with Crippen molar-refractivity contribution in [2.24, 2.45) is 17.8 Å². The van der Waals surface area contributed by atoms with Gasteiger partial charge in [0.05, 0.1) is 31.3 Å². The Morgan fingerprint density at radius 1 is 1.14 bits per heavy atom. The van der Waals surface area contributed by atoms with Crippen molar-refractivity contribution in [3.63, 3.8) is 0 Å². The van der Waals surface area contributed by atoms with Crippen LogP contribution in [0.2, 0.25) is 0 Å². The van der Waals surface area contributed by atoms with Crippen LogP contribution in [0.25, 0.3) is 0 Å². The number of cyclic esters (lactones) is 1. The fourth-order valence-corrected chi connectivity index (χ4v) is 6.52. The van der Waals surface area contributed by atoms with Crippen LogP contribution in [0.3, 0.4) is 0 Å². The Balaban J connectivity index is 1.85. The highest BCUT2D eigenvalue weighted by molar-refractivity contribution is 5.99. The van der Waals surface area contributed by atoms with Gasteiger partial charge in [0.15, 0.2) is 0 Å². The lowest BCUT2D eigenvalue weighted by Crippen LogP contribution is -2.60. The summed E-state index contributed by atoms with van der Waals surface area (Å²) in [5, 5.41) is 10.4. The van der Waals surface area contributed by atoms with E-state index in [4.69, 9.17) is 9.47 Å². The molecule has 0 aliphatic carbocycles. The molecule has 4 rings (SSSR count). The first kappa shape index (κ1) is 26.9. The van der Waals surface area contributed by atoms with Crippen molar-refractivity contribution in [2.75, 3.05) is 19.8 Å². The molecule has 2 saturated heterocycles. The van der Waals surface area contributed by atoms with Gasteiger partial charge in [0.25, 0.3) is 0 Å². The first-order chi connectivity index (χ1) is 17.3. The van der Waals surface area contributed by atoms with Crippen LogP contribution in [-0.2, 0) is 23.9 Å². The number of hydrogen-bond donors (Lipinski definition) is 1. The predicted octanol–water partition coefficient (Wildman–Crippen LogP) is 2.84. The van der Waals surface area contributed by atoms with Gasteiger partial charge in [-0.1, -0.05) is 57.9 Å². The van der Waals surface area contributed by atoms with Gasteiger partial charge in [0.1, 0.15) is 17.6 Å². The molecule has 8 heteroatoms. The Bertz CT molecular complexity index is 902. The number of carbonyl (C=O) groups excluding carboxylic acids is 3. The minimum absolute atomic E-state index is 0.0126. The number of allylic oxidation sites excluding steroid dienone is 1. The Hall–Kier alpha value is -2.19. The van der Waals surface area contributed by atoms with Crippen LogP contribution in [0.15, 0.2) is 24.3 Å². The number of hydrogen-bond acceptors (Lipinski definition) is 6. The van der Waals surface area contributed by atoms with Crippen LogP contribution in [0.4, 0.5) is 0 Å². The van der Waals surface area contributed by atoms with E-state index < -0.39 is 41.6 Å². The Morgan fingerprint density at radius 3 is 2.61 bits per heavy atom. The third-order valence-corrected chi connectivity index (χ3v) is 8.65. The second kappa shape index (κ2) is 11.1. The summed E-state index contributed by atoms with van der Waals surface area (Å²) in [4.78, 5) is 45.3. The maximum Gasteiger partial charge on any atom is 0.312 e. The van der Waals surface area contributed by atoms with Gasteiger partial charge < -0.3 is 24.4 Å². The van der Waals surface area contributed by atoms with Crippen LogP contribution in [0.5, 0.6) is 0 Å². The topological polar surface area (TPSA) is 96.4 Å². The number of amides is 2. The molecule has 2 unspecified atom stereocenters. The summed E-state index contributed by atoms with van der Waals surface area (Å²) < 4.78 is 12.3. The standard InChI is InChI=1S/C28H42N2O6/c1-5-12-19(4)29-15-11-14-28-23(22-21(36-28)13-9-7-8-10-16-35-27(22)34)25(32)30(24(28)26(29)33)20(17-31)18(3)6-2/h9,11,13-14,18-24,31H,5-8,10,12,15-17H2,1-4H3/b13-9-/t18-,19?,20-,21+,22-,23-,24?,28-/m0/s1. The molecule has 1 N–H and O–H groups in total. The summed E-state index contributed by atoms with van der Waals surface area (Å²) in [7, 11) is 0. The Kier molecular flexibility index (Phi) is 8.25. The fraction of sp³-hybridized carbons (Fsp3) is 0.750. The van der Waals surface area contributed by atoms with Gasteiger partial charge in [-0.05, 0) is 38.5 Å². The van der Waals surface area contributed by atoms with Crippen LogP contribution in [0, 0.1) is 17.8 Å². The van der Waals surface area contributed by atoms with Crippen LogP contribution >= 0.6 is 0 Å². The van der Waals surface area contributed by atoms with E-state index in [1.54, 1.807) is 4.90 Å². The molecular weight excluding hydrogens is 460 g/mol. The maximum atomic E-state index is 14.3. The van der Waals surface area contributed by atoms with Crippen molar-refractivity contribution in [1.82, 2.24) is 9.80 Å². The van der Waals surface area contributed by atoms with E-state index in [2.05, 4.69) is 6.92 Å². The number of fused-ring (bicyclic) bond motifs is 2. The smallest absolute Gasteiger partial charge is 0.312 e. The molecule has 4 heterocycles. The number of likely N-dealkylation sites (tertiary alicyclic amines) is 1. The first-order valence-corrected chi connectivity index (χ1v) is 13.7. The molecule has 0 aromatic heterocycles. The van der Waals surface area contributed by atoms with Gasteiger partial charge in [0.2, 0.25) is 11.8 Å². The van der Waals surface area contributed by atoms with Gasteiger partial charge in [-0.25, -0.2) is 0 Å². The summed E-state index contributed by atoms with van der Waals surface area (Å²) in [6, 6.07) is -1.51. The van der Waals surface area contributed by atoms with Crippen molar-refractivity contribution >= 4 is 17.8 Å². The van der Waals surface area contributed by atoms with Crippen LogP contribution < -0.4 is 0 Å². The molecule has 4 aliphatic rings. The highest BCUT2D eigenvalue weighted by Crippen LogP contribution is 2.54. The van der Waals surface area contributed by atoms with Crippen molar-refractivity contribution < 1.29 is 29.0 Å². The van der Waals surface area contributed by atoms with E-state index in [1.165, 1.54) is 0 Å². The average molecular weight is 503 g/mol. The molecule has 0 radical (unpaired) electrons. The number of esters is 1. The molecule has 0 bridgehead atoms. The summed E-state index contributed by atoms with van der Waals surface area (Å²) in [6.07, 6.45) is 12.0. The van der Waals surface area contributed by atoms with Crippen LogP contribution in [-0.4, -0.2) is 82.3 Å². The molecule has 2 amide bonds. The molecule has 0 aromatic rings. The predicted molar refractivity (Wildman–Crippen MR) is 135 cm³/mol. The zero-order valence-electron chi connectivity index (χ0n) is 22.1. The molecule has 0 aromatic carbocycles. The maximum absolute atomic E-state index is 14.3. The summed E-state index contributed by atoms with van der Waals surface area (Å²) >= 11 is 0. The summed E-state index contributed by atoms with van der Waals surface area (Å²) in [6.45, 7) is 8.56. The van der Waals surface area contributed by atoms with Crippen molar-refractivity contribution in [1.29, 1.82) is 0 Å². The number of aliphatic hydroxyl groups is 1. The zero-order valence-corrected chi connectivity index (χ0v) is 22.1. The number of carbonyl (C=O) groups is 3. The minimum Gasteiger partial charge on any atom is -0.465 e. The van der Waals surface area contributed by atoms with E-state index in [1.807, 2.05) is 50.0 Å². The van der Waals surface area contributed by atoms with E-state index >= 15 is 0 Å². The molecule has 1 spiro atoms. The third kappa shape index (κ3) is 4.40. The van der Waals surface area contributed by atoms with Crippen LogP contribution in [0.1, 0.15) is 66.2 Å². The van der Waals surface area contributed by atoms with Gasteiger partial charge in [-0.3, -0.25) is 14.4 Å². The second-order valence-electron chi connectivity index (χ2n) is 10.8. The normalized spacial score (nSPS) is 35.9. The molecule has 2 fully saturated rings. The van der Waals surface area contributed by atoms with Gasteiger partial charge in [-0.2, -0.15) is 0 Å². The van der Waals surface area contributed by atoms with Gasteiger partial charge >= 0.3 is 5.97 Å². The molecule has 4 aliphatic heterocycles. The molecule has 0 saturated carbocycles. The van der Waals surface area contributed by atoms with Crippen molar-refractivity contribution in [3.05, 3.63) is 24.3 Å². The largest absolute Gasteiger partial charge is 0.465 e. The molecule has 8 nitrogen and oxygen atoms in total. The summed E-state index contributed by atoms with van der Waals surface area (Å²) in [5.41, 5.74) is -1.29. The molecular formula is C28H42N2O6. The lowest BCUT2D eigenvalue weighted by atomic mass is 9.77. The SMILES string of the molecule is CCCC(C)N1CC=C[C@]23O[C@@H]4/C=C\CCCCOC(=O)[C@@H]4[C@H]2C(=O)N([C@@H](CO)[C@@H](C)CC)C3C1=O. The first-order valence-electron chi connectivity index (χ1n) is 13.7. The lowest BCUT2D eigenvalue weighted by molar-refractivity contribution is -0.157. The number of aliphatic hydroxyl groups excluding tert-OH is 1. The monoisotopic (exact) mass is 502 g/mol. The van der Waals surface area contributed by atoms with E-state index in [0.29, 0.717) is 13.2 Å². The van der Waals surface area contributed by atoms with E-state index in [9.17, 15) is 19.5 Å². The number of nitrogens with zero attached hydrogens (tertiary/aromatic N) is 2. The molecule has 8 atom stereocenters. The van der Waals surface area contributed by atoms with Gasteiger partial charge in [-0.15, -0.1) is 0 Å². The summed E-state index contributed by atoms with van der Waals surface area (Å²) in [5.74, 6) is -2.70. The number of rotatable bonds is 7.